The van der Waals surface area contributed by atoms with E-state index in [-0.39, 0.29) is 0 Å². The third-order valence-electron chi connectivity index (χ3n) is 5.64. The molecule has 0 bridgehead atoms. The van der Waals surface area contributed by atoms with Crippen LogP contribution in [-0.2, 0) is 4.74 Å². The Balaban J connectivity index is 1.51. The quantitative estimate of drug-likeness (QED) is 0.526. The minimum absolute atomic E-state index is 0.327. The van der Waals surface area contributed by atoms with Gasteiger partial charge in [0, 0.05) is 37.4 Å². The van der Waals surface area contributed by atoms with E-state index in [1.165, 1.54) is 19.3 Å². The predicted octanol–water partition coefficient (Wildman–Crippen LogP) is 1.37. The van der Waals surface area contributed by atoms with E-state index in [2.05, 4.69) is 22.5 Å². The van der Waals surface area contributed by atoms with Crippen LogP contribution >= 0.6 is 11.8 Å². The molecule has 126 valence electrons. The van der Waals surface area contributed by atoms with Gasteiger partial charge in [-0.3, -0.25) is 4.99 Å². The van der Waals surface area contributed by atoms with E-state index in [1.807, 2.05) is 11.8 Å². The highest BCUT2D eigenvalue weighted by Gasteiger charge is 2.59. The van der Waals surface area contributed by atoms with Crippen LogP contribution in [0.2, 0.25) is 0 Å². The Bertz CT molecular complexity index is 420. The largest absolute Gasteiger partial charge is 0.387 e. The van der Waals surface area contributed by atoms with Crippen LogP contribution in [-0.4, -0.2) is 60.5 Å². The Labute approximate surface area is 137 Å². The Kier molecular flexibility index (Phi) is 4.90. The van der Waals surface area contributed by atoms with Gasteiger partial charge in [0.15, 0.2) is 5.96 Å². The van der Waals surface area contributed by atoms with Crippen LogP contribution in [0, 0.1) is 5.41 Å². The molecule has 1 heterocycles. The van der Waals surface area contributed by atoms with Crippen molar-refractivity contribution in [1.82, 2.24) is 10.6 Å². The van der Waals surface area contributed by atoms with Crippen molar-refractivity contribution >= 4 is 17.7 Å². The number of guanidine groups is 1. The molecule has 3 aliphatic rings. The fraction of sp³-hybridized carbons (Fsp3) is 0.938. The Morgan fingerprint density at radius 2 is 2.23 bits per heavy atom. The summed E-state index contributed by atoms with van der Waals surface area (Å²) in [7, 11) is 1.80. The van der Waals surface area contributed by atoms with Crippen molar-refractivity contribution in [3.63, 3.8) is 0 Å². The van der Waals surface area contributed by atoms with E-state index in [9.17, 15) is 5.11 Å². The lowest BCUT2D eigenvalue weighted by molar-refractivity contribution is -0.168. The molecule has 2 aliphatic carbocycles. The van der Waals surface area contributed by atoms with Gasteiger partial charge in [0.25, 0.3) is 0 Å². The highest BCUT2D eigenvalue weighted by Crippen LogP contribution is 2.57. The number of nitrogens with one attached hydrogen (secondary N) is 2. The van der Waals surface area contributed by atoms with E-state index in [1.54, 1.807) is 7.05 Å². The molecule has 1 aliphatic heterocycles. The fourth-order valence-corrected chi connectivity index (χ4v) is 5.28. The number of thioether (sulfide) groups is 1. The van der Waals surface area contributed by atoms with Crippen LogP contribution in [0.5, 0.6) is 0 Å². The average molecular weight is 327 g/mol. The van der Waals surface area contributed by atoms with Gasteiger partial charge in [-0.05, 0) is 38.4 Å². The molecule has 0 aromatic rings. The molecule has 3 fully saturated rings. The molecule has 6 heteroatoms. The summed E-state index contributed by atoms with van der Waals surface area (Å²) in [5, 5.41) is 17.3. The van der Waals surface area contributed by atoms with Gasteiger partial charge in [0.1, 0.15) is 0 Å². The molecule has 1 saturated heterocycles. The average Bonchev–Trinajstić information content (AvgIpc) is 2.86. The van der Waals surface area contributed by atoms with Crippen molar-refractivity contribution in [2.45, 2.75) is 56.8 Å². The SMILES string of the molecule is CCOC1CC(NC(=NC)NCC2(O)CCSC2)C12CCC2. The number of nitrogens with zero attached hydrogens (tertiary/aromatic N) is 1. The first-order valence-electron chi connectivity index (χ1n) is 8.51. The third kappa shape index (κ3) is 2.97. The molecular weight excluding hydrogens is 298 g/mol. The summed E-state index contributed by atoms with van der Waals surface area (Å²) in [5.41, 5.74) is -0.252. The molecule has 3 unspecified atom stereocenters. The molecule has 0 amide bonds. The number of hydrogen-bond acceptors (Lipinski definition) is 4. The summed E-state index contributed by atoms with van der Waals surface area (Å²) in [6.45, 7) is 3.46. The first kappa shape index (κ1) is 16.4. The molecule has 3 atom stereocenters. The van der Waals surface area contributed by atoms with Gasteiger partial charge in [-0.2, -0.15) is 11.8 Å². The summed E-state index contributed by atoms with van der Waals surface area (Å²) in [6.07, 6.45) is 6.16. The van der Waals surface area contributed by atoms with Crippen molar-refractivity contribution in [3.05, 3.63) is 0 Å². The van der Waals surface area contributed by atoms with Gasteiger partial charge in [-0.25, -0.2) is 0 Å². The van der Waals surface area contributed by atoms with E-state index < -0.39 is 5.60 Å². The zero-order valence-corrected chi connectivity index (χ0v) is 14.5. The maximum atomic E-state index is 10.4. The van der Waals surface area contributed by atoms with Crippen molar-refractivity contribution < 1.29 is 9.84 Å². The monoisotopic (exact) mass is 327 g/mol. The molecule has 0 radical (unpaired) electrons. The molecule has 5 nitrogen and oxygen atoms in total. The standard InChI is InChI=1S/C16H29N3O2S/c1-3-21-13-9-12(16(13)5-4-6-16)19-14(17-2)18-10-15(20)7-8-22-11-15/h12-13,20H,3-11H2,1-2H3,(H2,17,18,19). The molecular formula is C16H29N3O2S. The van der Waals surface area contributed by atoms with Crippen molar-refractivity contribution in [3.8, 4) is 0 Å². The van der Waals surface area contributed by atoms with Crippen LogP contribution in [0.15, 0.2) is 4.99 Å². The van der Waals surface area contributed by atoms with Crippen LogP contribution in [0.1, 0.15) is 39.0 Å². The number of aliphatic imine (C=N–C) groups is 1. The Hall–Kier alpha value is -0.460. The van der Waals surface area contributed by atoms with Gasteiger partial charge in [0.2, 0.25) is 0 Å². The first-order chi connectivity index (χ1) is 10.6. The molecule has 0 aromatic carbocycles. The molecule has 2 saturated carbocycles. The lowest BCUT2D eigenvalue weighted by Gasteiger charge is -2.61. The zero-order valence-electron chi connectivity index (χ0n) is 13.7. The summed E-state index contributed by atoms with van der Waals surface area (Å²) < 4.78 is 5.90. The second kappa shape index (κ2) is 6.57. The first-order valence-corrected chi connectivity index (χ1v) is 9.66. The second-order valence-corrected chi connectivity index (χ2v) is 8.02. The van der Waals surface area contributed by atoms with E-state index >= 15 is 0 Å². The number of aliphatic hydroxyl groups is 1. The molecule has 22 heavy (non-hydrogen) atoms. The normalized spacial score (nSPS) is 36.8. The van der Waals surface area contributed by atoms with Gasteiger partial charge >= 0.3 is 0 Å². The lowest BCUT2D eigenvalue weighted by Crippen LogP contribution is -2.69. The topological polar surface area (TPSA) is 65.9 Å². The summed E-state index contributed by atoms with van der Waals surface area (Å²) in [5.74, 6) is 2.68. The van der Waals surface area contributed by atoms with E-state index in [0.29, 0.717) is 24.1 Å². The molecule has 3 rings (SSSR count). The van der Waals surface area contributed by atoms with Crippen LogP contribution in [0.4, 0.5) is 0 Å². The highest BCUT2D eigenvalue weighted by molar-refractivity contribution is 7.99. The minimum atomic E-state index is -0.579. The van der Waals surface area contributed by atoms with Gasteiger partial charge in [-0.1, -0.05) is 6.42 Å². The van der Waals surface area contributed by atoms with Crippen LogP contribution < -0.4 is 10.6 Å². The maximum absolute atomic E-state index is 10.4. The van der Waals surface area contributed by atoms with Crippen molar-refractivity contribution in [2.24, 2.45) is 10.4 Å². The number of hydrogen-bond donors (Lipinski definition) is 3. The predicted molar refractivity (Wildman–Crippen MR) is 91.5 cm³/mol. The smallest absolute Gasteiger partial charge is 0.191 e. The number of rotatable bonds is 5. The van der Waals surface area contributed by atoms with Crippen molar-refractivity contribution in [1.29, 1.82) is 0 Å². The minimum Gasteiger partial charge on any atom is -0.387 e. The van der Waals surface area contributed by atoms with Gasteiger partial charge in [0.05, 0.1) is 11.7 Å². The molecule has 0 aromatic heterocycles. The van der Waals surface area contributed by atoms with Crippen LogP contribution in [0.25, 0.3) is 0 Å². The Morgan fingerprint density at radius 3 is 2.77 bits per heavy atom. The lowest BCUT2D eigenvalue weighted by atomic mass is 9.51. The zero-order chi connectivity index (χ0) is 15.6. The molecule has 3 N–H and O–H groups in total. The number of ether oxygens (including phenoxy) is 1. The summed E-state index contributed by atoms with van der Waals surface area (Å²) in [4.78, 5) is 4.33. The Morgan fingerprint density at radius 1 is 1.41 bits per heavy atom. The highest BCUT2D eigenvalue weighted by atomic mass is 32.2. The van der Waals surface area contributed by atoms with Gasteiger partial charge in [-0.15, -0.1) is 0 Å². The van der Waals surface area contributed by atoms with Crippen LogP contribution in [0.3, 0.4) is 0 Å². The summed E-state index contributed by atoms with van der Waals surface area (Å²) >= 11 is 1.82. The second-order valence-electron chi connectivity index (χ2n) is 6.92. The maximum Gasteiger partial charge on any atom is 0.191 e. The molecule has 1 spiro atoms. The van der Waals surface area contributed by atoms with Gasteiger partial charge < -0.3 is 20.5 Å². The third-order valence-corrected chi connectivity index (χ3v) is 6.87. The fourth-order valence-electron chi connectivity index (χ4n) is 3.98. The van der Waals surface area contributed by atoms with E-state index in [0.717, 1.165) is 36.9 Å². The van der Waals surface area contributed by atoms with E-state index in [4.69, 9.17) is 4.74 Å². The summed E-state index contributed by atoms with van der Waals surface area (Å²) in [6, 6.07) is 0.455. The van der Waals surface area contributed by atoms with Crippen molar-refractivity contribution in [2.75, 3.05) is 31.7 Å².